The molecule has 8 heteroatoms. The number of nitrogens with zero attached hydrogens (tertiary/aromatic N) is 3. The van der Waals surface area contributed by atoms with E-state index in [0.29, 0.717) is 31.2 Å². The second-order valence-electron chi connectivity index (χ2n) is 4.46. The topological polar surface area (TPSA) is 91.5 Å². The molecule has 0 aliphatic carbocycles. The second kappa shape index (κ2) is 7.81. The highest BCUT2D eigenvalue weighted by Gasteiger charge is 2.25. The van der Waals surface area contributed by atoms with Crippen molar-refractivity contribution >= 4 is 11.5 Å². The van der Waals surface area contributed by atoms with Gasteiger partial charge in [-0.2, -0.15) is 5.10 Å². The largest absolute Gasteiger partial charge is 0.382 e. The van der Waals surface area contributed by atoms with Crippen molar-refractivity contribution < 1.29 is 14.4 Å². The Labute approximate surface area is 118 Å². The highest BCUT2D eigenvalue weighted by molar-refractivity contribution is 5.59. The SMILES string of the molecule is CCCn1nc(C)c([N+](=O)[O-])c1NCC(COC)OC. The Balaban J connectivity index is 2.92. The standard InChI is InChI=1S/C12H22N4O4/c1-5-6-15-12(11(16(17)18)9(2)14-15)13-7-10(20-4)8-19-3/h10,13H,5-8H2,1-4H3. The molecule has 0 aromatic carbocycles. The van der Waals surface area contributed by atoms with Crippen molar-refractivity contribution in [2.45, 2.75) is 32.9 Å². The number of nitrogens with one attached hydrogen (secondary N) is 1. The van der Waals surface area contributed by atoms with Crippen LogP contribution in [-0.4, -0.2) is 48.2 Å². The summed E-state index contributed by atoms with van der Waals surface area (Å²) in [5.74, 6) is 0.424. The molecule has 1 aromatic rings. The maximum atomic E-state index is 11.2. The number of aryl methyl sites for hydroxylation is 2. The van der Waals surface area contributed by atoms with Crippen LogP contribution < -0.4 is 5.32 Å². The van der Waals surface area contributed by atoms with Gasteiger partial charge >= 0.3 is 5.69 Å². The first-order chi connectivity index (χ1) is 9.54. The van der Waals surface area contributed by atoms with E-state index in [4.69, 9.17) is 9.47 Å². The molecule has 1 rings (SSSR count). The normalized spacial score (nSPS) is 12.4. The summed E-state index contributed by atoms with van der Waals surface area (Å²) in [6.07, 6.45) is 0.670. The first-order valence-electron chi connectivity index (χ1n) is 6.52. The smallest absolute Gasteiger partial charge is 0.333 e. The molecule has 8 nitrogen and oxygen atoms in total. The molecule has 0 spiro atoms. The average Bonchev–Trinajstić information content (AvgIpc) is 2.71. The monoisotopic (exact) mass is 286 g/mol. The zero-order valence-corrected chi connectivity index (χ0v) is 12.4. The molecular weight excluding hydrogens is 264 g/mol. The lowest BCUT2D eigenvalue weighted by molar-refractivity contribution is -0.384. The highest BCUT2D eigenvalue weighted by Crippen LogP contribution is 2.28. The van der Waals surface area contributed by atoms with Crippen LogP contribution in [0, 0.1) is 17.0 Å². The molecule has 0 aliphatic heterocycles. The number of hydrogen-bond acceptors (Lipinski definition) is 6. The van der Waals surface area contributed by atoms with Gasteiger partial charge in [-0.05, 0) is 13.3 Å². The molecule has 1 unspecified atom stereocenters. The fourth-order valence-electron chi connectivity index (χ4n) is 1.95. The third-order valence-electron chi connectivity index (χ3n) is 2.90. The summed E-state index contributed by atoms with van der Waals surface area (Å²) in [6, 6.07) is 0. The van der Waals surface area contributed by atoms with Crippen LogP contribution in [0.25, 0.3) is 0 Å². The van der Waals surface area contributed by atoms with Crippen LogP contribution in [0.1, 0.15) is 19.0 Å². The zero-order valence-electron chi connectivity index (χ0n) is 12.4. The van der Waals surface area contributed by atoms with Gasteiger partial charge in [-0.15, -0.1) is 0 Å². The van der Waals surface area contributed by atoms with Gasteiger partial charge in [-0.1, -0.05) is 6.92 Å². The van der Waals surface area contributed by atoms with Crippen LogP contribution in [0.5, 0.6) is 0 Å². The zero-order chi connectivity index (χ0) is 15.1. The number of methoxy groups -OCH3 is 2. The molecule has 0 saturated heterocycles. The van der Waals surface area contributed by atoms with Gasteiger partial charge in [0.2, 0.25) is 5.82 Å². The van der Waals surface area contributed by atoms with Gasteiger partial charge in [0.1, 0.15) is 5.69 Å². The Morgan fingerprint density at radius 1 is 1.50 bits per heavy atom. The number of aromatic nitrogens is 2. The first kappa shape index (κ1) is 16.4. The summed E-state index contributed by atoms with van der Waals surface area (Å²) < 4.78 is 11.9. The van der Waals surface area contributed by atoms with Gasteiger partial charge in [0, 0.05) is 27.3 Å². The van der Waals surface area contributed by atoms with Gasteiger partial charge in [-0.25, -0.2) is 4.68 Å². The first-order valence-corrected chi connectivity index (χ1v) is 6.52. The molecule has 0 fully saturated rings. The maximum absolute atomic E-state index is 11.2. The van der Waals surface area contributed by atoms with Crippen molar-refractivity contribution in [2.24, 2.45) is 0 Å². The molecule has 1 atom stereocenters. The Morgan fingerprint density at radius 3 is 2.70 bits per heavy atom. The van der Waals surface area contributed by atoms with Crippen LogP contribution in [0.2, 0.25) is 0 Å². The number of ether oxygens (including phenoxy) is 2. The summed E-state index contributed by atoms with van der Waals surface area (Å²) in [6.45, 7) is 5.09. The quantitative estimate of drug-likeness (QED) is 0.547. The molecule has 1 heterocycles. The summed E-state index contributed by atoms with van der Waals surface area (Å²) in [7, 11) is 3.16. The molecule has 0 aliphatic rings. The molecule has 0 amide bonds. The molecule has 0 saturated carbocycles. The summed E-state index contributed by atoms with van der Waals surface area (Å²) in [4.78, 5) is 10.7. The number of nitro groups is 1. The Hall–Kier alpha value is -1.67. The molecular formula is C12H22N4O4. The van der Waals surface area contributed by atoms with Crippen molar-refractivity contribution in [3.05, 3.63) is 15.8 Å². The van der Waals surface area contributed by atoms with Gasteiger partial charge in [0.15, 0.2) is 0 Å². The van der Waals surface area contributed by atoms with E-state index in [1.54, 1.807) is 25.8 Å². The minimum Gasteiger partial charge on any atom is -0.382 e. The van der Waals surface area contributed by atoms with Crippen LogP contribution in [0.4, 0.5) is 11.5 Å². The van der Waals surface area contributed by atoms with E-state index < -0.39 is 4.92 Å². The second-order valence-corrected chi connectivity index (χ2v) is 4.46. The summed E-state index contributed by atoms with van der Waals surface area (Å²) in [5, 5.41) is 18.4. The van der Waals surface area contributed by atoms with E-state index in [2.05, 4.69) is 10.4 Å². The van der Waals surface area contributed by atoms with Crippen LogP contribution in [0.15, 0.2) is 0 Å². The predicted octanol–water partition coefficient (Wildman–Crippen LogP) is 1.58. The molecule has 0 bridgehead atoms. The third-order valence-corrected chi connectivity index (χ3v) is 2.90. The van der Waals surface area contributed by atoms with E-state index in [0.717, 1.165) is 6.42 Å². The lowest BCUT2D eigenvalue weighted by Gasteiger charge is -2.16. The van der Waals surface area contributed by atoms with Gasteiger partial charge in [-0.3, -0.25) is 10.1 Å². The summed E-state index contributed by atoms with van der Waals surface area (Å²) in [5.41, 5.74) is 0.428. The van der Waals surface area contributed by atoms with Crippen molar-refractivity contribution in [2.75, 3.05) is 32.7 Å². The van der Waals surface area contributed by atoms with Gasteiger partial charge in [0.05, 0.1) is 17.6 Å². The predicted molar refractivity (Wildman–Crippen MR) is 75.1 cm³/mol. The van der Waals surface area contributed by atoms with Crippen molar-refractivity contribution in [1.29, 1.82) is 0 Å². The van der Waals surface area contributed by atoms with Crippen LogP contribution in [0.3, 0.4) is 0 Å². The molecule has 20 heavy (non-hydrogen) atoms. The minimum absolute atomic E-state index is 0.0192. The Bertz CT molecular complexity index is 447. The number of rotatable bonds is 9. The van der Waals surface area contributed by atoms with Crippen LogP contribution in [-0.2, 0) is 16.0 Å². The van der Waals surface area contributed by atoms with Gasteiger partial charge < -0.3 is 14.8 Å². The lowest BCUT2D eigenvalue weighted by atomic mass is 10.3. The summed E-state index contributed by atoms with van der Waals surface area (Å²) >= 11 is 0. The Kier molecular flexibility index (Phi) is 6.40. The van der Waals surface area contributed by atoms with E-state index in [1.165, 1.54) is 0 Å². The number of anilines is 1. The van der Waals surface area contributed by atoms with Crippen molar-refractivity contribution in [3.63, 3.8) is 0 Å². The van der Waals surface area contributed by atoms with E-state index >= 15 is 0 Å². The molecule has 0 radical (unpaired) electrons. The highest BCUT2D eigenvalue weighted by atomic mass is 16.6. The lowest BCUT2D eigenvalue weighted by Crippen LogP contribution is -2.27. The minimum atomic E-state index is -0.408. The molecule has 1 N–H and O–H groups in total. The fraction of sp³-hybridized carbons (Fsp3) is 0.750. The average molecular weight is 286 g/mol. The van der Waals surface area contributed by atoms with E-state index in [-0.39, 0.29) is 11.8 Å². The fourth-order valence-corrected chi connectivity index (χ4v) is 1.95. The third kappa shape index (κ3) is 3.91. The molecule has 114 valence electrons. The van der Waals surface area contributed by atoms with Crippen molar-refractivity contribution in [3.8, 4) is 0 Å². The van der Waals surface area contributed by atoms with Crippen molar-refractivity contribution in [1.82, 2.24) is 9.78 Å². The van der Waals surface area contributed by atoms with E-state index in [9.17, 15) is 10.1 Å². The number of hydrogen-bond donors (Lipinski definition) is 1. The Morgan fingerprint density at radius 2 is 2.20 bits per heavy atom. The molecule has 1 aromatic heterocycles. The van der Waals surface area contributed by atoms with E-state index in [1.807, 2.05) is 6.92 Å². The van der Waals surface area contributed by atoms with Gasteiger partial charge in [0.25, 0.3) is 0 Å². The van der Waals surface area contributed by atoms with Crippen LogP contribution >= 0.6 is 0 Å². The maximum Gasteiger partial charge on any atom is 0.333 e.